The largest absolute Gasteiger partial charge is 0.485 e. The lowest BCUT2D eigenvalue weighted by atomic mass is 10.1. The average molecular weight is 261 g/mol. The number of carbonyl (C=O) groups excluding carboxylic acids is 1. The van der Waals surface area contributed by atoms with Gasteiger partial charge >= 0.3 is 0 Å². The van der Waals surface area contributed by atoms with Crippen LogP contribution in [-0.4, -0.2) is 12.4 Å². The maximum absolute atomic E-state index is 11.9. The Bertz CT molecular complexity index is 547. The van der Waals surface area contributed by atoms with Gasteiger partial charge in [0.1, 0.15) is 5.75 Å². The predicted octanol–water partition coefficient (Wildman–Crippen LogP) is 3.91. The van der Waals surface area contributed by atoms with E-state index in [1.807, 2.05) is 31.2 Å². The van der Waals surface area contributed by atoms with Crippen LogP contribution in [0.5, 0.6) is 5.75 Å². The van der Waals surface area contributed by atoms with Gasteiger partial charge in [0.25, 0.3) is 0 Å². The van der Waals surface area contributed by atoms with E-state index >= 15 is 0 Å². The normalized spacial score (nSPS) is 10.1. The lowest BCUT2D eigenvalue weighted by Crippen LogP contribution is -2.11. The number of hydrogen-bond donors (Lipinski definition) is 0. The summed E-state index contributed by atoms with van der Waals surface area (Å²) < 4.78 is 5.42. The zero-order chi connectivity index (χ0) is 13.0. The molecule has 3 heteroatoms. The zero-order valence-corrected chi connectivity index (χ0v) is 10.8. The van der Waals surface area contributed by atoms with Crippen LogP contribution in [0.1, 0.15) is 15.9 Å². The number of benzene rings is 2. The molecule has 18 heavy (non-hydrogen) atoms. The van der Waals surface area contributed by atoms with Crippen molar-refractivity contribution in [2.45, 2.75) is 6.92 Å². The van der Waals surface area contributed by atoms with Crippen molar-refractivity contribution < 1.29 is 9.53 Å². The van der Waals surface area contributed by atoms with Gasteiger partial charge in [0.15, 0.2) is 12.4 Å². The van der Waals surface area contributed by atoms with Gasteiger partial charge in [0.05, 0.1) is 0 Å². The van der Waals surface area contributed by atoms with Crippen LogP contribution in [0, 0.1) is 6.92 Å². The topological polar surface area (TPSA) is 26.3 Å². The first kappa shape index (κ1) is 12.7. The summed E-state index contributed by atoms with van der Waals surface area (Å²) in [5, 5.41) is 0.552. The van der Waals surface area contributed by atoms with Crippen LogP contribution in [0.2, 0.25) is 5.02 Å². The highest BCUT2D eigenvalue weighted by Crippen LogP contribution is 2.14. The van der Waals surface area contributed by atoms with E-state index in [9.17, 15) is 4.79 Å². The molecule has 92 valence electrons. The first-order chi connectivity index (χ1) is 8.65. The molecule has 0 spiro atoms. The molecule has 0 bridgehead atoms. The summed E-state index contributed by atoms with van der Waals surface area (Å²) in [4.78, 5) is 11.9. The van der Waals surface area contributed by atoms with Crippen molar-refractivity contribution in [1.29, 1.82) is 0 Å². The minimum atomic E-state index is -0.0851. The Kier molecular flexibility index (Phi) is 4.00. The van der Waals surface area contributed by atoms with E-state index in [0.29, 0.717) is 16.3 Å². The first-order valence-electron chi connectivity index (χ1n) is 5.63. The summed E-state index contributed by atoms with van der Waals surface area (Å²) in [5.41, 5.74) is 1.72. The van der Waals surface area contributed by atoms with E-state index < -0.39 is 0 Å². The molecule has 0 amide bonds. The van der Waals surface area contributed by atoms with Crippen LogP contribution in [-0.2, 0) is 0 Å². The van der Waals surface area contributed by atoms with Gasteiger partial charge in [-0.2, -0.15) is 0 Å². The van der Waals surface area contributed by atoms with Crippen molar-refractivity contribution in [3.8, 4) is 5.75 Å². The predicted molar refractivity (Wildman–Crippen MR) is 72.5 cm³/mol. The fourth-order valence-electron chi connectivity index (χ4n) is 1.53. The fraction of sp³-hybridized carbons (Fsp3) is 0.133. The Labute approximate surface area is 111 Å². The van der Waals surface area contributed by atoms with Crippen LogP contribution in [0.3, 0.4) is 0 Å². The lowest BCUT2D eigenvalue weighted by molar-refractivity contribution is 0.0921. The Morgan fingerprint density at radius 2 is 1.89 bits per heavy atom. The third-order valence-corrected chi connectivity index (χ3v) is 2.77. The van der Waals surface area contributed by atoms with E-state index in [-0.39, 0.29) is 12.4 Å². The van der Waals surface area contributed by atoms with Gasteiger partial charge in [-0.1, -0.05) is 41.4 Å². The van der Waals surface area contributed by atoms with Crippen LogP contribution in [0.4, 0.5) is 0 Å². The van der Waals surface area contributed by atoms with E-state index in [2.05, 4.69) is 0 Å². The standard InChI is InChI=1S/C15H13ClO2/c1-11-5-7-14(8-6-11)18-10-15(17)12-3-2-4-13(16)9-12/h2-9H,10H2,1H3. The highest BCUT2D eigenvalue weighted by molar-refractivity contribution is 6.31. The van der Waals surface area contributed by atoms with Crippen LogP contribution in [0.15, 0.2) is 48.5 Å². The lowest BCUT2D eigenvalue weighted by Gasteiger charge is -2.06. The van der Waals surface area contributed by atoms with Crippen LogP contribution < -0.4 is 4.74 Å². The number of halogens is 1. The second-order valence-electron chi connectivity index (χ2n) is 4.04. The number of ketones is 1. The maximum Gasteiger partial charge on any atom is 0.200 e. The second-order valence-corrected chi connectivity index (χ2v) is 4.47. The molecule has 0 aliphatic rings. The number of ether oxygens (including phenoxy) is 1. The van der Waals surface area contributed by atoms with E-state index in [4.69, 9.17) is 16.3 Å². The molecular weight excluding hydrogens is 248 g/mol. The summed E-state index contributed by atoms with van der Waals surface area (Å²) >= 11 is 5.83. The monoisotopic (exact) mass is 260 g/mol. The van der Waals surface area contributed by atoms with Gasteiger partial charge in [0, 0.05) is 10.6 Å². The van der Waals surface area contributed by atoms with Gasteiger partial charge in [-0.15, -0.1) is 0 Å². The van der Waals surface area contributed by atoms with E-state index in [1.54, 1.807) is 24.3 Å². The maximum atomic E-state index is 11.9. The molecule has 0 heterocycles. The molecule has 0 unspecified atom stereocenters. The molecule has 0 saturated carbocycles. The molecule has 0 fully saturated rings. The summed E-state index contributed by atoms with van der Waals surface area (Å²) in [6, 6.07) is 14.4. The first-order valence-corrected chi connectivity index (χ1v) is 6.01. The summed E-state index contributed by atoms with van der Waals surface area (Å²) in [6.45, 7) is 2.02. The van der Waals surface area contributed by atoms with Crippen molar-refractivity contribution in [2.75, 3.05) is 6.61 Å². The van der Waals surface area contributed by atoms with Gasteiger partial charge in [-0.25, -0.2) is 0 Å². The van der Waals surface area contributed by atoms with Gasteiger partial charge < -0.3 is 4.74 Å². The SMILES string of the molecule is Cc1ccc(OCC(=O)c2cccc(Cl)c2)cc1. The molecule has 2 aromatic rings. The van der Waals surface area contributed by atoms with E-state index in [0.717, 1.165) is 5.56 Å². The molecular formula is C15H13ClO2. The number of hydrogen-bond acceptors (Lipinski definition) is 2. The minimum Gasteiger partial charge on any atom is -0.485 e. The molecule has 0 aromatic heterocycles. The van der Waals surface area contributed by atoms with Crippen molar-refractivity contribution in [1.82, 2.24) is 0 Å². The third kappa shape index (κ3) is 3.34. The number of rotatable bonds is 4. The molecule has 0 aliphatic carbocycles. The van der Waals surface area contributed by atoms with E-state index in [1.165, 1.54) is 0 Å². The van der Waals surface area contributed by atoms with Gasteiger partial charge in [-0.05, 0) is 31.2 Å². The molecule has 2 aromatic carbocycles. The number of aryl methyl sites for hydroxylation is 1. The summed E-state index contributed by atoms with van der Waals surface area (Å²) in [5.74, 6) is 0.606. The van der Waals surface area contributed by atoms with Gasteiger partial charge in [0.2, 0.25) is 0 Å². The fourth-order valence-corrected chi connectivity index (χ4v) is 1.72. The summed E-state index contributed by atoms with van der Waals surface area (Å²) in [6.07, 6.45) is 0. The van der Waals surface area contributed by atoms with Crippen molar-refractivity contribution >= 4 is 17.4 Å². The van der Waals surface area contributed by atoms with Crippen molar-refractivity contribution in [3.63, 3.8) is 0 Å². The highest BCUT2D eigenvalue weighted by atomic mass is 35.5. The quantitative estimate of drug-likeness (QED) is 0.779. The Morgan fingerprint density at radius 1 is 1.17 bits per heavy atom. The number of carbonyl (C=O) groups is 1. The molecule has 0 radical (unpaired) electrons. The molecule has 0 N–H and O–H groups in total. The zero-order valence-electron chi connectivity index (χ0n) is 10.0. The molecule has 0 atom stereocenters. The van der Waals surface area contributed by atoms with Crippen molar-refractivity contribution in [2.24, 2.45) is 0 Å². The van der Waals surface area contributed by atoms with Crippen molar-refractivity contribution in [3.05, 3.63) is 64.7 Å². The van der Waals surface area contributed by atoms with Crippen LogP contribution >= 0.6 is 11.6 Å². The number of Topliss-reactive ketones (excluding diaryl/α,β-unsaturated/α-hetero) is 1. The minimum absolute atomic E-state index is 0.0173. The van der Waals surface area contributed by atoms with Gasteiger partial charge in [-0.3, -0.25) is 4.79 Å². The molecule has 0 saturated heterocycles. The molecule has 0 aliphatic heterocycles. The Balaban J connectivity index is 1.98. The highest BCUT2D eigenvalue weighted by Gasteiger charge is 2.07. The average Bonchev–Trinajstić information content (AvgIpc) is 2.38. The third-order valence-electron chi connectivity index (χ3n) is 2.54. The Hall–Kier alpha value is -1.80. The van der Waals surface area contributed by atoms with Crippen LogP contribution in [0.25, 0.3) is 0 Å². The summed E-state index contributed by atoms with van der Waals surface area (Å²) in [7, 11) is 0. The molecule has 2 rings (SSSR count). The second kappa shape index (κ2) is 5.69. The molecule has 2 nitrogen and oxygen atoms in total. The smallest absolute Gasteiger partial charge is 0.200 e. The Morgan fingerprint density at radius 3 is 2.56 bits per heavy atom.